The maximum absolute atomic E-state index is 12.0. The van der Waals surface area contributed by atoms with E-state index in [1.807, 2.05) is 26.8 Å². The zero-order valence-corrected chi connectivity index (χ0v) is 13.2. The van der Waals surface area contributed by atoms with Gasteiger partial charge in [0.2, 0.25) is 5.88 Å². The number of rotatable bonds is 5. The van der Waals surface area contributed by atoms with Crippen molar-refractivity contribution < 1.29 is 9.53 Å². The smallest absolute Gasteiger partial charge is 0.319 e. The van der Waals surface area contributed by atoms with Crippen LogP contribution in [0, 0.1) is 13.8 Å². The van der Waals surface area contributed by atoms with Crippen LogP contribution in [0.3, 0.4) is 0 Å². The second-order valence-electron chi connectivity index (χ2n) is 5.23. The molecule has 2 heterocycles. The number of hydrogen-bond acceptors (Lipinski definition) is 4. The van der Waals surface area contributed by atoms with E-state index in [9.17, 15) is 4.79 Å². The van der Waals surface area contributed by atoms with Crippen LogP contribution >= 0.6 is 0 Å². The molecule has 7 nitrogen and oxygen atoms in total. The van der Waals surface area contributed by atoms with Crippen molar-refractivity contribution in [2.24, 2.45) is 0 Å². The first-order chi connectivity index (χ1) is 10.5. The van der Waals surface area contributed by atoms with Crippen LogP contribution in [0.15, 0.2) is 18.2 Å². The Hall–Kier alpha value is -2.57. The van der Waals surface area contributed by atoms with E-state index in [0.29, 0.717) is 23.7 Å². The van der Waals surface area contributed by atoms with E-state index in [1.165, 1.54) is 0 Å². The summed E-state index contributed by atoms with van der Waals surface area (Å²) in [4.78, 5) is 16.2. The number of H-pyrrole nitrogens is 1. The normalized spacial score (nSPS) is 11.8. The Balaban J connectivity index is 1.89. The number of ether oxygens (including phenoxy) is 1. The van der Waals surface area contributed by atoms with Gasteiger partial charge in [0.05, 0.1) is 24.2 Å². The number of pyridine rings is 1. The summed E-state index contributed by atoms with van der Waals surface area (Å²) in [6.07, 6.45) is 0.664. The van der Waals surface area contributed by atoms with Gasteiger partial charge in [-0.25, -0.2) is 9.78 Å². The van der Waals surface area contributed by atoms with Crippen LogP contribution in [0.2, 0.25) is 0 Å². The fourth-order valence-corrected chi connectivity index (χ4v) is 2.11. The lowest BCUT2D eigenvalue weighted by atomic mass is 10.2. The minimum absolute atomic E-state index is 0.0331. The Morgan fingerprint density at radius 3 is 2.77 bits per heavy atom. The monoisotopic (exact) mass is 303 g/mol. The van der Waals surface area contributed by atoms with E-state index < -0.39 is 0 Å². The van der Waals surface area contributed by atoms with Gasteiger partial charge in [-0.15, -0.1) is 0 Å². The molecule has 0 aliphatic rings. The minimum Gasteiger partial charge on any atom is -0.481 e. The zero-order valence-electron chi connectivity index (χ0n) is 13.2. The molecular weight excluding hydrogens is 282 g/mol. The third-order valence-electron chi connectivity index (χ3n) is 3.17. The van der Waals surface area contributed by atoms with Gasteiger partial charge in [0, 0.05) is 24.2 Å². The Kier molecular flexibility index (Phi) is 4.98. The highest BCUT2D eigenvalue weighted by atomic mass is 16.5. The van der Waals surface area contributed by atoms with E-state index in [1.54, 1.807) is 19.2 Å². The lowest BCUT2D eigenvalue weighted by Crippen LogP contribution is -2.37. The topological polar surface area (TPSA) is 91.9 Å². The molecule has 22 heavy (non-hydrogen) atoms. The van der Waals surface area contributed by atoms with Crippen LogP contribution in [0.5, 0.6) is 5.88 Å². The van der Waals surface area contributed by atoms with Gasteiger partial charge >= 0.3 is 6.03 Å². The van der Waals surface area contributed by atoms with Crippen molar-refractivity contribution in [2.75, 3.05) is 12.4 Å². The van der Waals surface area contributed by atoms with Crippen LogP contribution in [-0.4, -0.2) is 34.4 Å². The van der Waals surface area contributed by atoms with Gasteiger partial charge in [0.1, 0.15) is 0 Å². The van der Waals surface area contributed by atoms with Gasteiger partial charge in [-0.2, -0.15) is 5.10 Å². The molecule has 118 valence electrons. The fraction of sp³-hybridized carbons (Fsp3) is 0.400. The Bertz CT molecular complexity index is 653. The number of amides is 2. The standard InChI is InChI=1S/C15H21N5O2/c1-9(7-12-8-10(2)19-20-12)16-15(21)18-13-5-6-14(22-4)17-11(13)3/h5-6,8-9H,7H2,1-4H3,(H,19,20)(H2,16,18,21)/t9-/m1/s1. The molecule has 0 saturated carbocycles. The van der Waals surface area contributed by atoms with E-state index in [4.69, 9.17) is 4.74 Å². The van der Waals surface area contributed by atoms with Crippen molar-refractivity contribution in [3.8, 4) is 5.88 Å². The summed E-state index contributed by atoms with van der Waals surface area (Å²) in [6.45, 7) is 5.69. The Morgan fingerprint density at radius 1 is 1.41 bits per heavy atom. The quantitative estimate of drug-likeness (QED) is 0.789. The summed E-state index contributed by atoms with van der Waals surface area (Å²) in [7, 11) is 1.56. The van der Waals surface area contributed by atoms with Crippen LogP contribution in [-0.2, 0) is 6.42 Å². The highest BCUT2D eigenvalue weighted by Gasteiger charge is 2.11. The van der Waals surface area contributed by atoms with E-state index in [-0.39, 0.29) is 12.1 Å². The summed E-state index contributed by atoms with van der Waals surface area (Å²) in [6, 6.07) is 5.14. The first kappa shape index (κ1) is 15.8. The van der Waals surface area contributed by atoms with E-state index in [2.05, 4.69) is 25.8 Å². The van der Waals surface area contributed by atoms with Crippen LogP contribution in [0.4, 0.5) is 10.5 Å². The van der Waals surface area contributed by atoms with Crippen LogP contribution in [0.25, 0.3) is 0 Å². The first-order valence-electron chi connectivity index (χ1n) is 7.08. The third kappa shape index (κ3) is 4.21. The lowest BCUT2D eigenvalue weighted by molar-refractivity contribution is 0.249. The fourth-order valence-electron chi connectivity index (χ4n) is 2.11. The zero-order chi connectivity index (χ0) is 16.1. The van der Waals surface area contributed by atoms with Crippen molar-refractivity contribution >= 4 is 11.7 Å². The number of nitrogens with zero attached hydrogens (tertiary/aromatic N) is 2. The molecular formula is C15H21N5O2. The summed E-state index contributed by atoms with van der Waals surface area (Å²) < 4.78 is 5.04. The van der Waals surface area contributed by atoms with Gasteiger partial charge in [0.15, 0.2) is 0 Å². The minimum atomic E-state index is -0.269. The van der Waals surface area contributed by atoms with Gasteiger partial charge in [-0.05, 0) is 32.9 Å². The average Bonchev–Trinajstić information content (AvgIpc) is 2.86. The molecule has 0 radical (unpaired) electrons. The largest absolute Gasteiger partial charge is 0.481 e. The maximum atomic E-state index is 12.0. The number of carbonyl (C=O) groups is 1. The highest BCUT2D eigenvalue weighted by molar-refractivity contribution is 5.90. The maximum Gasteiger partial charge on any atom is 0.319 e. The first-order valence-corrected chi connectivity index (χ1v) is 7.08. The average molecular weight is 303 g/mol. The number of anilines is 1. The summed E-state index contributed by atoms with van der Waals surface area (Å²) in [5.41, 5.74) is 3.28. The molecule has 0 fully saturated rings. The number of aromatic nitrogens is 3. The predicted molar refractivity (Wildman–Crippen MR) is 84.2 cm³/mol. The van der Waals surface area contributed by atoms with Crippen molar-refractivity contribution in [3.63, 3.8) is 0 Å². The van der Waals surface area contributed by atoms with Gasteiger partial charge in [-0.3, -0.25) is 5.10 Å². The summed E-state index contributed by atoms with van der Waals surface area (Å²) in [5.74, 6) is 0.519. The van der Waals surface area contributed by atoms with Gasteiger partial charge < -0.3 is 15.4 Å². The van der Waals surface area contributed by atoms with Crippen molar-refractivity contribution in [3.05, 3.63) is 35.3 Å². The molecule has 0 unspecified atom stereocenters. The second kappa shape index (κ2) is 6.93. The molecule has 3 N–H and O–H groups in total. The van der Waals surface area contributed by atoms with Gasteiger partial charge in [-0.1, -0.05) is 0 Å². The number of hydrogen-bond donors (Lipinski definition) is 3. The molecule has 0 saturated heterocycles. The van der Waals surface area contributed by atoms with Crippen LogP contribution < -0.4 is 15.4 Å². The molecule has 2 aromatic heterocycles. The summed E-state index contributed by atoms with van der Waals surface area (Å²) >= 11 is 0. The molecule has 1 atom stereocenters. The molecule has 0 aliphatic heterocycles. The number of urea groups is 1. The van der Waals surface area contributed by atoms with E-state index in [0.717, 1.165) is 11.4 Å². The molecule has 2 aromatic rings. The third-order valence-corrected chi connectivity index (χ3v) is 3.17. The molecule has 0 spiro atoms. The molecule has 2 rings (SSSR count). The van der Waals surface area contributed by atoms with Crippen molar-refractivity contribution in [1.82, 2.24) is 20.5 Å². The number of aryl methyl sites for hydroxylation is 2. The number of nitrogens with one attached hydrogen (secondary N) is 3. The van der Waals surface area contributed by atoms with E-state index >= 15 is 0 Å². The highest BCUT2D eigenvalue weighted by Crippen LogP contribution is 2.16. The number of carbonyl (C=O) groups excluding carboxylic acids is 1. The molecule has 0 aliphatic carbocycles. The number of methoxy groups -OCH3 is 1. The second-order valence-corrected chi connectivity index (χ2v) is 5.23. The Labute approximate surface area is 129 Å². The van der Waals surface area contributed by atoms with Crippen LogP contribution in [0.1, 0.15) is 24.0 Å². The molecule has 7 heteroatoms. The predicted octanol–water partition coefficient (Wildman–Crippen LogP) is 2.18. The SMILES string of the molecule is COc1ccc(NC(=O)N[C@H](C)Cc2cc(C)[nH]n2)c(C)n1. The Morgan fingerprint density at radius 2 is 2.18 bits per heavy atom. The molecule has 0 aromatic carbocycles. The lowest BCUT2D eigenvalue weighted by Gasteiger charge is -2.14. The molecule has 2 amide bonds. The summed E-state index contributed by atoms with van der Waals surface area (Å²) in [5, 5.41) is 12.7. The van der Waals surface area contributed by atoms with Crippen molar-refractivity contribution in [1.29, 1.82) is 0 Å². The van der Waals surface area contributed by atoms with Crippen molar-refractivity contribution in [2.45, 2.75) is 33.2 Å². The molecule has 0 bridgehead atoms. The van der Waals surface area contributed by atoms with Gasteiger partial charge in [0.25, 0.3) is 0 Å². The number of aromatic amines is 1.